The zero-order chi connectivity index (χ0) is 16.2. The molecular weight excluding hydrogens is 292 g/mol. The maximum absolute atomic E-state index is 12.8. The lowest BCUT2D eigenvalue weighted by Crippen LogP contribution is -2.35. The van der Waals surface area contributed by atoms with Crippen molar-refractivity contribution in [1.29, 1.82) is 0 Å². The van der Waals surface area contributed by atoms with Gasteiger partial charge in [-0.2, -0.15) is 0 Å². The summed E-state index contributed by atoms with van der Waals surface area (Å²) in [6.07, 6.45) is 9.76. The molecule has 2 amide bonds. The van der Waals surface area contributed by atoms with Crippen molar-refractivity contribution >= 4 is 11.8 Å². The van der Waals surface area contributed by atoms with Crippen LogP contribution in [0.25, 0.3) is 0 Å². The predicted molar refractivity (Wildman–Crippen MR) is 85.2 cm³/mol. The second-order valence-corrected chi connectivity index (χ2v) is 6.52. The number of hydrogen-bond acceptors (Lipinski definition) is 4. The molecule has 6 nitrogen and oxygen atoms in total. The van der Waals surface area contributed by atoms with Gasteiger partial charge in [0.1, 0.15) is 0 Å². The fraction of sp³-hybridized carbons (Fsp3) is 0.647. The van der Waals surface area contributed by atoms with Gasteiger partial charge in [0.25, 0.3) is 0 Å². The number of amides is 2. The van der Waals surface area contributed by atoms with E-state index in [9.17, 15) is 9.59 Å². The summed E-state index contributed by atoms with van der Waals surface area (Å²) in [5.41, 5.74) is 1.58. The van der Waals surface area contributed by atoms with Crippen molar-refractivity contribution in [1.82, 2.24) is 20.2 Å². The van der Waals surface area contributed by atoms with Crippen molar-refractivity contribution in [2.24, 2.45) is 5.92 Å². The first kappa shape index (κ1) is 15.9. The number of nitrogens with one attached hydrogen (secondary N) is 1. The van der Waals surface area contributed by atoms with Gasteiger partial charge in [-0.25, -0.2) is 0 Å². The van der Waals surface area contributed by atoms with Crippen molar-refractivity contribution in [3.05, 3.63) is 23.8 Å². The van der Waals surface area contributed by atoms with E-state index in [2.05, 4.69) is 15.3 Å². The van der Waals surface area contributed by atoms with E-state index >= 15 is 0 Å². The first-order valence-electron chi connectivity index (χ1n) is 8.51. The van der Waals surface area contributed by atoms with Gasteiger partial charge in [0.2, 0.25) is 11.8 Å². The van der Waals surface area contributed by atoms with E-state index in [1.165, 1.54) is 19.8 Å². The molecule has 1 aromatic heterocycles. The van der Waals surface area contributed by atoms with Crippen LogP contribution in [0.5, 0.6) is 0 Å². The van der Waals surface area contributed by atoms with Gasteiger partial charge in [-0.1, -0.05) is 12.8 Å². The third-order valence-electron chi connectivity index (χ3n) is 4.80. The summed E-state index contributed by atoms with van der Waals surface area (Å²) in [5, 5.41) is 2.74. The minimum atomic E-state index is -0.0869. The van der Waals surface area contributed by atoms with E-state index in [0.29, 0.717) is 12.5 Å². The highest BCUT2D eigenvalue weighted by Gasteiger charge is 2.35. The van der Waals surface area contributed by atoms with Crippen LogP contribution < -0.4 is 5.32 Å². The largest absolute Gasteiger partial charge is 0.351 e. The number of rotatable bonds is 4. The highest BCUT2D eigenvalue weighted by atomic mass is 16.2. The Hall–Kier alpha value is -1.98. The van der Waals surface area contributed by atoms with Gasteiger partial charge in [-0.15, -0.1) is 0 Å². The Morgan fingerprint density at radius 3 is 2.74 bits per heavy atom. The predicted octanol–water partition coefficient (Wildman–Crippen LogP) is 1.97. The highest BCUT2D eigenvalue weighted by Crippen LogP contribution is 2.35. The summed E-state index contributed by atoms with van der Waals surface area (Å²) in [6, 6.07) is 0.0351. The summed E-state index contributed by atoms with van der Waals surface area (Å²) >= 11 is 0. The molecule has 3 rings (SSSR count). The molecule has 6 heteroatoms. The van der Waals surface area contributed by atoms with Crippen molar-refractivity contribution in [2.75, 3.05) is 6.54 Å². The van der Waals surface area contributed by atoms with Crippen molar-refractivity contribution < 1.29 is 9.59 Å². The third-order valence-corrected chi connectivity index (χ3v) is 4.80. The lowest BCUT2D eigenvalue weighted by Gasteiger charge is -2.27. The van der Waals surface area contributed by atoms with Crippen LogP contribution in [0.2, 0.25) is 0 Å². The SMILES string of the molecule is CC(=O)NCc1cncc([C@@H]2CCCN2C(=O)C2CCCC2)n1. The van der Waals surface area contributed by atoms with E-state index in [1.54, 1.807) is 12.4 Å². The molecule has 0 aromatic carbocycles. The zero-order valence-corrected chi connectivity index (χ0v) is 13.6. The molecule has 0 radical (unpaired) electrons. The van der Waals surface area contributed by atoms with Gasteiger partial charge in [0.05, 0.1) is 36.4 Å². The van der Waals surface area contributed by atoms with Gasteiger partial charge in [0.15, 0.2) is 0 Å². The Kier molecular flexibility index (Phi) is 4.88. The van der Waals surface area contributed by atoms with Gasteiger partial charge < -0.3 is 10.2 Å². The number of aromatic nitrogens is 2. The Labute approximate surface area is 136 Å². The zero-order valence-electron chi connectivity index (χ0n) is 13.6. The first-order valence-corrected chi connectivity index (χ1v) is 8.51. The monoisotopic (exact) mass is 316 g/mol. The standard InChI is InChI=1S/C17H24N4O2/c1-12(22)19-10-14-9-18-11-15(20-14)16-7-4-8-21(16)17(23)13-5-2-3-6-13/h9,11,13,16H,2-8,10H2,1H3,(H,19,22)/t16-/m0/s1. The molecule has 0 bridgehead atoms. The summed E-state index contributed by atoms with van der Waals surface area (Å²) in [5.74, 6) is 0.404. The maximum atomic E-state index is 12.8. The van der Waals surface area contributed by atoms with Crippen LogP contribution in [-0.2, 0) is 16.1 Å². The fourth-order valence-electron chi connectivity index (χ4n) is 3.63. The second kappa shape index (κ2) is 7.06. The molecule has 1 atom stereocenters. The van der Waals surface area contributed by atoms with Crippen LogP contribution in [-0.4, -0.2) is 33.2 Å². The molecular formula is C17H24N4O2. The van der Waals surface area contributed by atoms with Crippen LogP contribution in [0.15, 0.2) is 12.4 Å². The topological polar surface area (TPSA) is 75.2 Å². The summed E-state index contributed by atoms with van der Waals surface area (Å²) < 4.78 is 0. The van der Waals surface area contributed by atoms with Gasteiger partial charge in [-0.05, 0) is 25.7 Å². The van der Waals surface area contributed by atoms with E-state index in [0.717, 1.165) is 43.6 Å². The molecule has 1 saturated heterocycles. The smallest absolute Gasteiger partial charge is 0.226 e. The lowest BCUT2D eigenvalue weighted by molar-refractivity contribution is -0.136. The number of carbonyl (C=O) groups is 2. The van der Waals surface area contributed by atoms with Crippen LogP contribution >= 0.6 is 0 Å². The first-order chi connectivity index (χ1) is 11.1. The van der Waals surface area contributed by atoms with E-state index in [1.807, 2.05) is 4.90 Å². The molecule has 1 aliphatic carbocycles. The van der Waals surface area contributed by atoms with Crippen molar-refractivity contribution in [2.45, 2.75) is 58.0 Å². The van der Waals surface area contributed by atoms with Crippen molar-refractivity contribution in [3.63, 3.8) is 0 Å². The number of nitrogens with zero attached hydrogens (tertiary/aromatic N) is 3. The molecule has 0 unspecified atom stereocenters. The molecule has 23 heavy (non-hydrogen) atoms. The number of carbonyl (C=O) groups excluding carboxylic acids is 2. The summed E-state index contributed by atoms with van der Waals surface area (Å²) in [7, 11) is 0. The average molecular weight is 316 g/mol. The van der Waals surface area contributed by atoms with E-state index in [-0.39, 0.29) is 17.9 Å². The minimum absolute atomic E-state index is 0.0351. The Balaban J connectivity index is 1.72. The molecule has 2 aliphatic rings. The number of hydrogen-bond donors (Lipinski definition) is 1. The Morgan fingerprint density at radius 1 is 1.22 bits per heavy atom. The molecule has 1 aliphatic heterocycles. The van der Waals surface area contributed by atoms with Crippen molar-refractivity contribution in [3.8, 4) is 0 Å². The molecule has 1 aromatic rings. The van der Waals surface area contributed by atoms with E-state index in [4.69, 9.17) is 0 Å². The Morgan fingerprint density at radius 2 is 2.00 bits per heavy atom. The quantitative estimate of drug-likeness (QED) is 0.921. The minimum Gasteiger partial charge on any atom is -0.351 e. The summed E-state index contributed by atoms with van der Waals surface area (Å²) in [6.45, 7) is 2.67. The lowest BCUT2D eigenvalue weighted by atomic mass is 10.1. The summed E-state index contributed by atoms with van der Waals surface area (Å²) in [4.78, 5) is 34.7. The average Bonchev–Trinajstić information content (AvgIpc) is 3.23. The van der Waals surface area contributed by atoms with Gasteiger partial charge in [0, 0.05) is 19.4 Å². The fourth-order valence-corrected chi connectivity index (χ4v) is 3.63. The Bertz CT molecular complexity index is 584. The number of likely N-dealkylation sites (tertiary alicyclic amines) is 1. The second-order valence-electron chi connectivity index (χ2n) is 6.52. The highest BCUT2D eigenvalue weighted by molar-refractivity contribution is 5.79. The van der Waals surface area contributed by atoms with Crippen LogP contribution in [0.1, 0.15) is 62.9 Å². The molecule has 1 saturated carbocycles. The molecule has 0 spiro atoms. The normalized spacial score (nSPS) is 21.6. The van der Waals surface area contributed by atoms with Gasteiger partial charge >= 0.3 is 0 Å². The van der Waals surface area contributed by atoms with Crippen LogP contribution in [0, 0.1) is 5.92 Å². The molecule has 2 fully saturated rings. The molecule has 1 N–H and O–H groups in total. The van der Waals surface area contributed by atoms with E-state index < -0.39 is 0 Å². The van der Waals surface area contributed by atoms with Crippen LogP contribution in [0.4, 0.5) is 0 Å². The third kappa shape index (κ3) is 3.68. The van der Waals surface area contributed by atoms with Crippen LogP contribution in [0.3, 0.4) is 0 Å². The molecule has 124 valence electrons. The molecule has 2 heterocycles. The van der Waals surface area contributed by atoms with Gasteiger partial charge in [-0.3, -0.25) is 19.6 Å². The maximum Gasteiger partial charge on any atom is 0.226 e.